The first kappa shape index (κ1) is 13.0. The first-order chi connectivity index (χ1) is 9.16. The first-order valence-electron chi connectivity index (χ1n) is 7.70. The van der Waals surface area contributed by atoms with Crippen LogP contribution in [-0.4, -0.2) is 20.1 Å². The predicted octanol–water partition coefficient (Wildman–Crippen LogP) is 3.35. The van der Waals surface area contributed by atoms with Crippen LogP contribution >= 0.6 is 0 Å². The van der Waals surface area contributed by atoms with E-state index in [4.69, 9.17) is 0 Å². The van der Waals surface area contributed by atoms with Gasteiger partial charge >= 0.3 is 0 Å². The summed E-state index contributed by atoms with van der Waals surface area (Å²) in [5.74, 6) is 0. The zero-order chi connectivity index (χ0) is 13.3. The van der Waals surface area contributed by atoms with Gasteiger partial charge in [-0.3, -0.25) is 0 Å². The summed E-state index contributed by atoms with van der Waals surface area (Å²) in [6.45, 7) is 5.80. The quantitative estimate of drug-likeness (QED) is 0.891. The van der Waals surface area contributed by atoms with Gasteiger partial charge in [0.1, 0.15) is 0 Å². The molecule has 1 N–H and O–H groups in total. The van der Waals surface area contributed by atoms with E-state index in [1.54, 1.807) is 0 Å². The number of rotatable bonds is 4. The fourth-order valence-corrected chi connectivity index (χ4v) is 3.64. The van der Waals surface area contributed by atoms with E-state index >= 15 is 0 Å². The fourth-order valence-electron chi connectivity index (χ4n) is 3.64. The summed E-state index contributed by atoms with van der Waals surface area (Å²) in [5, 5.41) is 3.67. The average Bonchev–Trinajstić information content (AvgIpc) is 2.97. The van der Waals surface area contributed by atoms with E-state index in [0.29, 0.717) is 5.41 Å². The molecule has 0 saturated heterocycles. The number of benzene rings is 1. The lowest BCUT2D eigenvalue weighted by Gasteiger charge is -2.24. The minimum atomic E-state index is 0.553. The summed E-state index contributed by atoms with van der Waals surface area (Å²) in [5.41, 5.74) is 4.94. The zero-order valence-corrected chi connectivity index (χ0v) is 12.3. The number of hydrogen-bond acceptors (Lipinski definition) is 2. The van der Waals surface area contributed by atoms with E-state index < -0.39 is 0 Å². The predicted molar refractivity (Wildman–Crippen MR) is 81.7 cm³/mol. The number of likely N-dealkylation sites (N-methyl/N-ethyl adjacent to an activating group) is 1. The van der Waals surface area contributed by atoms with E-state index in [0.717, 1.165) is 6.54 Å². The van der Waals surface area contributed by atoms with Gasteiger partial charge in [-0.15, -0.1) is 0 Å². The average molecular weight is 258 g/mol. The third-order valence-corrected chi connectivity index (χ3v) is 4.96. The molecule has 2 aliphatic rings. The molecule has 2 heteroatoms. The molecular formula is C17H26N2. The van der Waals surface area contributed by atoms with Crippen molar-refractivity contribution < 1.29 is 0 Å². The molecule has 1 aromatic carbocycles. The van der Waals surface area contributed by atoms with Crippen LogP contribution in [0.1, 0.15) is 43.7 Å². The summed E-state index contributed by atoms with van der Waals surface area (Å²) >= 11 is 0. The molecule has 0 atom stereocenters. The Balaban J connectivity index is 1.56. The standard InChI is InChI=1S/C17H26N2/c1-17(8-3-4-9-17)13-18-12-14-5-6-16-15(11-14)7-10-19(16)2/h5-6,11,18H,3-4,7-10,12-13H2,1-2H3. The minimum Gasteiger partial charge on any atom is -0.374 e. The molecule has 0 bridgehead atoms. The number of nitrogens with one attached hydrogen (secondary N) is 1. The van der Waals surface area contributed by atoms with Crippen molar-refractivity contribution in [2.75, 3.05) is 25.0 Å². The Morgan fingerprint density at radius 1 is 1.26 bits per heavy atom. The van der Waals surface area contributed by atoms with Gasteiger partial charge in [0.25, 0.3) is 0 Å². The van der Waals surface area contributed by atoms with E-state index in [9.17, 15) is 0 Å². The van der Waals surface area contributed by atoms with Gasteiger partial charge in [-0.1, -0.05) is 31.9 Å². The SMILES string of the molecule is CN1CCc2cc(CNCC3(C)CCCC3)ccc21. The van der Waals surface area contributed by atoms with Crippen molar-refractivity contribution >= 4 is 5.69 Å². The lowest BCUT2D eigenvalue weighted by molar-refractivity contribution is 0.314. The number of nitrogens with zero attached hydrogens (tertiary/aromatic N) is 1. The molecule has 0 radical (unpaired) electrons. The molecule has 1 heterocycles. The van der Waals surface area contributed by atoms with Gasteiger partial charge in [0.15, 0.2) is 0 Å². The van der Waals surface area contributed by atoms with Crippen LogP contribution in [0.2, 0.25) is 0 Å². The summed E-state index contributed by atoms with van der Waals surface area (Å²) < 4.78 is 0. The third kappa shape index (κ3) is 2.79. The summed E-state index contributed by atoms with van der Waals surface area (Å²) in [6, 6.07) is 6.96. The van der Waals surface area contributed by atoms with Crippen LogP contribution in [0.4, 0.5) is 5.69 Å². The fraction of sp³-hybridized carbons (Fsp3) is 0.647. The Labute approximate surface area is 117 Å². The van der Waals surface area contributed by atoms with Crippen LogP contribution < -0.4 is 10.2 Å². The Hall–Kier alpha value is -1.02. The minimum absolute atomic E-state index is 0.553. The van der Waals surface area contributed by atoms with Crippen LogP contribution in [-0.2, 0) is 13.0 Å². The maximum absolute atomic E-state index is 3.67. The Bertz CT molecular complexity index is 447. The molecule has 1 aromatic rings. The summed E-state index contributed by atoms with van der Waals surface area (Å²) in [7, 11) is 2.19. The topological polar surface area (TPSA) is 15.3 Å². The van der Waals surface area contributed by atoms with E-state index in [2.05, 4.69) is 42.4 Å². The van der Waals surface area contributed by atoms with Crippen LogP contribution in [0.5, 0.6) is 0 Å². The molecule has 1 saturated carbocycles. The highest BCUT2D eigenvalue weighted by atomic mass is 15.1. The third-order valence-electron chi connectivity index (χ3n) is 4.96. The van der Waals surface area contributed by atoms with Crippen LogP contribution in [0.15, 0.2) is 18.2 Å². The largest absolute Gasteiger partial charge is 0.374 e. The van der Waals surface area contributed by atoms with Gasteiger partial charge in [0.05, 0.1) is 0 Å². The van der Waals surface area contributed by atoms with Crippen LogP contribution in [0.3, 0.4) is 0 Å². The molecule has 1 fully saturated rings. The summed E-state index contributed by atoms with van der Waals surface area (Å²) in [6.07, 6.45) is 6.84. The van der Waals surface area contributed by atoms with Crippen molar-refractivity contribution in [3.63, 3.8) is 0 Å². The second-order valence-electron chi connectivity index (χ2n) is 6.76. The maximum Gasteiger partial charge on any atom is 0.0397 e. The zero-order valence-electron chi connectivity index (χ0n) is 12.3. The van der Waals surface area contributed by atoms with Crippen molar-refractivity contribution in [3.8, 4) is 0 Å². The molecule has 1 aliphatic carbocycles. The second kappa shape index (κ2) is 5.16. The van der Waals surface area contributed by atoms with Gasteiger partial charge in [-0.05, 0) is 41.9 Å². The monoisotopic (exact) mass is 258 g/mol. The van der Waals surface area contributed by atoms with Gasteiger partial charge < -0.3 is 10.2 Å². The Morgan fingerprint density at radius 2 is 2.05 bits per heavy atom. The molecule has 0 unspecified atom stereocenters. The summed E-state index contributed by atoms with van der Waals surface area (Å²) in [4.78, 5) is 2.35. The Kier molecular flexibility index (Phi) is 3.53. The van der Waals surface area contributed by atoms with Crippen LogP contribution in [0.25, 0.3) is 0 Å². The van der Waals surface area contributed by atoms with Crippen molar-refractivity contribution in [1.29, 1.82) is 0 Å². The molecule has 0 amide bonds. The van der Waals surface area contributed by atoms with Gasteiger partial charge in [0.2, 0.25) is 0 Å². The molecule has 2 nitrogen and oxygen atoms in total. The van der Waals surface area contributed by atoms with E-state index in [1.807, 2.05) is 0 Å². The molecule has 19 heavy (non-hydrogen) atoms. The van der Waals surface area contributed by atoms with Crippen molar-refractivity contribution in [1.82, 2.24) is 5.32 Å². The normalized spacial score (nSPS) is 20.8. The van der Waals surface area contributed by atoms with E-state index in [-0.39, 0.29) is 0 Å². The van der Waals surface area contributed by atoms with Gasteiger partial charge in [-0.25, -0.2) is 0 Å². The molecular weight excluding hydrogens is 232 g/mol. The lowest BCUT2D eigenvalue weighted by Crippen LogP contribution is -2.29. The highest BCUT2D eigenvalue weighted by molar-refractivity contribution is 5.58. The second-order valence-corrected chi connectivity index (χ2v) is 6.76. The van der Waals surface area contributed by atoms with Gasteiger partial charge in [-0.2, -0.15) is 0 Å². The molecule has 0 aromatic heterocycles. The number of fused-ring (bicyclic) bond motifs is 1. The smallest absolute Gasteiger partial charge is 0.0397 e. The first-order valence-corrected chi connectivity index (χ1v) is 7.70. The van der Waals surface area contributed by atoms with E-state index in [1.165, 1.54) is 62.0 Å². The van der Waals surface area contributed by atoms with Crippen molar-refractivity contribution in [2.24, 2.45) is 5.41 Å². The van der Waals surface area contributed by atoms with Gasteiger partial charge in [0, 0.05) is 32.4 Å². The molecule has 3 rings (SSSR count). The maximum atomic E-state index is 3.67. The van der Waals surface area contributed by atoms with Crippen molar-refractivity contribution in [2.45, 2.75) is 45.6 Å². The number of hydrogen-bond donors (Lipinski definition) is 1. The van der Waals surface area contributed by atoms with Crippen molar-refractivity contribution in [3.05, 3.63) is 29.3 Å². The molecule has 0 spiro atoms. The Morgan fingerprint density at radius 3 is 2.84 bits per heavy atom. The highest BCUT2D eigenvalue weighted by Gasteiger charge is 2.27. The highest BCUT2D eigenvalue weighted by Crippen LogP contribution is 2.36. The molecule has 1 aliphatic heterocycles. The lowest BCUT2D eigenvalue weighted by atomic mass is 9.89. The number of anilines is 1. The van der Waals surface area contributed by atoms with Crippen LogP contribution in [0, 0.1) is 5.41 Å². The molecule has 104 valence electrons.